The Bertz CT molecular complexity index is 134. The number of carbonyl (C=O) groups excluding carboxylic acids is 1. The second kappa shape index (κ2) is 6.00. The molecule has 0 bridgehead atoms. The summed E-state index contributed by atoms with van der Waals surface area (Å²) in [5, 5.41) is 0. The van der Waals surface area contributed by atoms with Crippen LogP contribution in [0.15, 0.2) is 0 Å². The lowest BCUT2D eigenvalue weighted by atomic mass is 10.1. The van der Waals surface area contributed by atoms with Crippen LogP contribution in [0.3, 0.4) is 0 Å². The van der Waals surface area contributed by atoms with Gasteiger partial charge in [-0.15, -0.1) is 0 Å². The van der Waals surface area contributed by atoms with Gasteiger partial charge in [-0.2, -0.15) is 0 Å². The average molecular weight is 173 g/mol. The second-order valence-electron chi connectivity index (χ2n) is 3.47. The Labute approximate surface area is 74.3 Å². The largest absolute Gasteiger partial charge is 0.463 e. The predicted octanol–water partition coefficient (Wildman–Crippen LogP) is 1.31. The molecule has 3 heteroatoms. The standard InChI is InChI=1S/C9H19NO2/c1-7(2)6-8(3)12-9(11)4-5-10/h7-8H,4-6,10H2,1-3H3. The number of hydrogen-bond donors (Lipinski definition) is 1. The lowest BCUT2D eigenvalue weighted by Crippen LogP contribution is -2.19. The van der Waals surface area contributed by atoms with Crippen molar-refractivity contribution in [2.75, 3.05) is 6.54 Å². The van der Waals surface area contributed by atoms with Crippen molar-refractivity contribution in [3.05, 3.63) is 0 Å². The topological polar surface area (TPSA) is 52.3 Å². The molecule has 72 valence electrons. The van der Waals surface area contributed by atoms with Gasteiger partial charge < -0.3 is 10.5 Å². The smallest absolute Gasteiger partial charge is 0.307 e. The number of carbonyl (C=O) groups is 1. The molecule has 0 aromatic carbocycles. The van der Waals surface area contributed by atoms with Crippen LogP contribution in [0.25, 0.3) is 0 Å². The zero-order chi connectivity index (χ0) is 9.56. The van der Waals surface area contributed by atoms with E-state index in [1.54, 1.807) is 0 Å². The van der Waals surface area contributed by atoms with Crippen LogP contribution >= 0.6 is 0 Å². The van der Waals surface area contributed by atoms with E-state index in [0.29, 0.717) is 18.9 Å². The predicted molar refractivity (Wildman–Crippen MR) is 48.7 cm³/mol. The third-order valence-electron chi connectivity index (χ3n) is 1.48. The maximum atomic E-state index is 10.9. The Morgan fingerprint density at radius 3 is 2.42 bits per heavy atom. The summed E-state index contributed by atoms with van der Waals surface area (Å²) in [7, 11) is 0. The van der Waals surface area contributed by atoms with Crippen LogP contribution in [0, 0.1) is 5.92 Å². The van der Waals surface area contributed by atoms with Gasteiger partial charge >= 0.3 is 5.97 Å². The molecule has 0 spiro atoms. The molecule has 2 N–H and O–H groups in total. The summed E-state index contributed by atoms with van der Waals surface area (Å²) in [5.74, 6) is 0.372. The Kier molecular flexibility index (Phi) is 5.72. The molecule has 1 unspecified atom stereocenters. The highest BCUT2D eigenvalue weighted by Gasteiger charge is 2.09. The van der Waals surface area contributed by atoms with Crippen molar-refractivity contribution >= 4 is 5.97 Å². The van der Waals surface area contributed by atoms with Crippen LogP contribution in [-0.4, -0.2) is 18.6 Å². The highest BCUT2D eigenvalue weighted by Crippen LogP contribution is 2.07. The number of ether oxygens (including phenoxy) is 1. The van der Waals surface area contributed by atoms with Crippen LogP contribution in [0.4, 0.5) is 0 Å². The molecule has 0 aliphatic rings. The molecule has 0 aliphatic heterocycles. The summed E-state index contributed by atoms with van der Waals surface area (Å²) in [6.45, 7) is 6.49. The monoisotopic (exact) mass is 173 g/mol. The zero-order valence-electron chi connectivity index (χ0n) is 8.17. The maximum absolute atomic E-state index is 10.9. The van der Waals surface area contributed by atoms with Gasteiger partial charge in [0.15, 0.2) is 0 Å². The zero-order valence-corrected chi connectivity index (χ0v) is 8.17. The molecule has 0 fully saturated rings. The molecule has 0 amide bonds. The van der Waals surface area contributed by atoms with Crippen LogP contribution in [0.5, 0.6) is 0 Å². The maximum Gasteiger partial charge on any atom is 0.307 e. The van der Waals surface area contributed by atoms with Gasteiger partial charge in [-0.05, 0) is 19.3 Å². The van der Waals surface area contributed by atoms with Crippen LogP contribution in [-0.2, 0) is 9.53 Å². The van der Waals surface area contributed by atoms with Crippen LogP contribution in [0.1, 0.15) is 33.6 Å². The van der Waals surface area contributed by atoms with Crippen molar-refractivity contribution in [2.24, 2.45) is 11.7 Å². The van der Waals surface area contributed by atoms with E-state index >= 15 is 0 Å². The first-order valence-electron chi connectivity index (χ1n) is 4.45. The molecule has 0 aromatic rings. The van der Waals surface area contributed by atoms with Gasteiger partial charge in [0.25, 0.3) is 0 Å². The summed E-state index contributed by atoms with van der Waals surface area (Å²) in [5.41, 5.74) is 5.21. The molecule has 3 nitrogen and oxygen atoms in total. The SMILES string of the molecule is CC(C)CC(C)OC(=O)CCN. The van der Waals surface area contributed by atoms with Gasteiger partial charge in [0.1, 0.15) is 0 Å². The summed E-state index contributed by atoms with van der Waals surface area (Å²) in [6, 6.07) is 0. The van der Waals surface area contributed by atoms with Crippen molar-refractivity contribution in [2.45, 2.75) is 39.7 Å². The molecule has 0 rings (SSSR count). The number of hydrogen-bond acceptors (Lipinski definition) is 3. The van der Waals surface area contributed by atoms with Crippen molar-refractivity contribution in [1.82, 2.24) is 0 Å². The number of nitrogens with two attached hydrogens (primary N) is 1. The normalized spacial score (nSPS) is 13.1. The quantitative estimate of drug-likeness (QED) is 0.638. The van der Waals surface area contributed by atoms with E-state index in [0.717, 1.165) is 6.42 Å². The van der Waals surface area contributed by atoms with E-state index in [1.807, 2.05) is 6.92 Å². The summed E-state index contributed by atoms with van der Waals surface area (Å²) in [4.78, 5) is 10.9. The van der Waals surface area contributed by atoms with E-state index < -0.39 is 0 Å². The van der Waals surface area contributed by atoms with E-state index in [9.17, 15) is 4.79 Å². The van der Waals surface area contributed by atoms with Crippen molar-refractivity contribution in [1.29, 1.82) is 0 Å². The third-order valence-corrected chi connectivity index (χ3v) is 1.48. The van der Waals surface area contributed by atoms with Gasteiger partial charge in [0, 0.05) is 6.54 Å². The Balaban J connectivity index is 3.54. The van der Waals surface area contributed by atoms with Crippen molar-refractivity contribution in [3.8, 4) is 0 Å². The first-order valence-corrected chi connectivity index (χ1v) is 4.45. The molecule has 0 saturated carbocycles. The minimum atomic E-state index is -0.189. The Morgan fingerprint density at radius 2 is 2.00 bits per heavy atom. The fourth-order valence-electron chi connectivity index (χ4n) is 1.11. The lowest BCUT2D eigenvalue weighted by Gasteiger charge is -2.14. The molecular weight excluding hydrogens is 154 g/mol. The highest BCUT2D eigenvalue weighted by atomic mass is 16.5. The van der Waals surface area contributed by atoms with Gasteiger partial charge in [-0.3, -0.25) is 4.79 Å². The molecule has 0 aliphatic carbocycles. The first kappa shape index (κ1) is 11.4. The lowest BCUT2D eigenvalue weighted by molar-refractivity contribution is -0.148. The molecule has 1 atom stereocenters. The minimum Gasteiger partial charge on any atom is -0.463 e. The summed E-state index contributed by atoms with van der Waals surface area (Å²) < 4.78 is 5.08. The molecule has 0 heterocycles. The fraction of sp³-hybridized carbons (Fsp3) is 0.889. The molecule has 0 saturated heterocycles. The van der Waals surface area contributed by atoms with E-state index in [2.05, 4.69) is 13.8 Å². The number of rotatable bonds is 5. The van der Waals surface area contributed by atoms with E-state index in [1.165, 1.54) is 0 Å². The molecular formula is C9H19NO2. The van der Waals surface area contributed by atoms with Crippen LogP contribution in [0.2, 0.25) is 0 Å². The third kappa shape index (κ3) is 6.16. The summed E-state index contributed by atoms with van der Waals surface area (Å²) in [6.07, 6.45) is 1.25. The number of esters is 1. The Hall–Kier alpha value is -0.570. The van der Waals surface area contributed by atoms with Crippen molar-refractivity contribution < 1.29 is 9.53 Å². The second-order valence-corrected chi connectivity index (χ2v) is 3.47. The van der Waals surface area contributed by atoms with Gasteiger partial charge in [0.2, 0.25) is 0 Å². The van der Waals surface area contributed by atoms with Gasteiger partial charge in [0.05, 0.1) is 12.5 Å². The molecule has 0 radical (unpaired) electrons. The average Bonchev–Trinajstić information content (AvgIpc) is 1.84. The van der Waals surface area contributed by atoms with E-state index in [4.69, 9.17) is 10.5 Å². The van der Waals surface area contributed by atoms with E-state index in [-0.39, 0.29) is 12.1 Å². The highest BCUT2D eigenvalue weighted by molar-refractivity contribution is 5.69. The molecule has 0 aromatic heterocycles. The van der Waals surface area contributed by atoms with Crippen molar-refractivity contribution in [3.63, 3.8) is 0 Å². The van der Waals surface area contributed by atoms with Crippen LogP contribution < -0.4 is 5.73 Å². The fourth-order valence-corrected chi connectivity index (χ4v) is 1.11. The Morgan fingerprint density at radius 1 is 1.42 bits per heavy atom. The minimum absolute atomic E-state index is 0.0176. The first-order chi connectivity index (χ1) is 5.56. The summed E-state index contributed by atoms with van der Waals surface area (Å²) >= 11 is 0. The molecule has 12 heavy (non-hydrogen) atoms. The van der Waals surface area contributed by atoms with Gasteiger partial charge in [-0.25, -0.2) is 0 Å². The van der Waals surface area contributed by atoms with Gasteiger partial charge in [-0.1, -0.05) is 13.8 Å².